The molecule has 1 aromatic heterocycles. The highest BCUT2D eigenvalue weighted by molar-refractivity contribution is 5.86. The molecule has 2 aliphatic heterocycles. The van der Waals surface area contributed by atoms with Gasteiger partial charge in [-0.2, -0.15) is 0 Å². The zero-order valence-electron chi connectivity index (χ0n) is 12.4. The minimum atomic E-state index is -0.105. The summed E-state index contributed by atoms with van der Waals surface area (Å²) in [6.07, 6.45) is 3.66. The lowest BCUT2D eigenvalue weighted by atomic mass is 10.1. The van der Waals surface area contributed by atoms with Crippen LogP contribution in [0.2, 0.25) is 0 Å². The molecule has 21 heavy (non-hydrogen) atoms. The van der Waals surface area contributed by atoms with Gasteiger partial charge in [0.05, 0.1) is 7.11 Å². The molecule has 0 radical (unpaired) electrons. The molecule has 3 rings (SSSR count). The monoisotopic (exact) mass is 290 g/mol. The lowest BCUT2D eigenvalue weighted by Gasteiger charge is -2.33. The number of ether oxygens (including phenoxy) is 1. The number of piperazine rings is 1. The molecule has 0 bridgehead atoms. The number of amides is 1. The summed E-state index contributed by atoms with van der Waals surface area (Å²) in [5, 5.41) is 3.28. The Hall–Kier alpha value is -1.82. The Morgan fingerprint density at radius 1 is 1.38 bits per heavy atom. The molecule has 0 aromatic carbocycles. The number of pyridine rings is 1. The Morgan fingerprint density at radius 2 is 2.19 bits per heavy atom. The molecule has 1 amide bonds. The quantitative estimate of drug-likeness (QED) is 0.878. The summed E-state index contributed by atoms with van der Waals surface area (Å²) in [4.78, 5) is 21.3. The zero-order chi connectivity index (χ0) is 14.7. The number of aromatic nitrogens is 1. The average molecular weight is 290 g/mol. The van der Waals surface area contributed by atoms with Gasteiger partial charge in [-0.25, -0.2) is 4.98 Å². The molecule has 0 spiro atoms. The van der Waals surface area contributed by atoms with E-state index in [0.717, 1.165) is 57.1 Å². The van der Waals surface area contributed by atoms with Gasteiger partial charge in [0.15, 0.2) is 11.6 Å². The molecule has 0 aliphatic carbocycles. The maximum Gasteiger partial charge on any atom is 0.245 e. The first-order chi connectivity index (χ1) is 10.3. The first kappa shape index (κ1) is 14.1. The fourth-order valence-electron chi connectivity index (χ4n) is 3.13. The summed E-state index contributed by atoms with van der Waals surface area (Å²) in [5.41, 5.74) is 0. The van der Waals surface area contributed by atoms with E-state index >= 15 is 0 Å². The minimum Gasteiger partial charge on any atom is -0.493 e. The van der Waals surface area contributed by atoms with Crippen molar-refractivity contribution in [2.75, 3.05) is 44.7 Å². The molecule has 1 unspecified atom stereocenters. The smallest absolute Gasteiger partial charge is 0.245 e. The van der Waals surface area contributed by atoms with Crippen LogP contribution in [0, 0.1) is 0 Å². The van der Waals surface area contributed by atoms with E-state index in [9.17, 15) is 4.79 Å². The Balaban J connectivity index is 1.80. The topological polar surface area (TPSA) is 57.7 Å². The molecule has 1 atom stereocenters. The molecular formula is C15H22N4O2. The van der Waals surface area contributed by atoms with Gasteiger partial charge in [-0.3, -0.25) is 4.79 Å². The Morgan fingerprint density at radius 3 is 2.95 bits per heavy atom. The SMILES string of the molecule is COc1cccnc1N1CCCC1C(=O)N1CCNCC1. The van der Waals surface area contributed by atoms with Crippen molar-refractivity contribution >= 4 is 11.7 Å². The second kappa shape index (κ2) is 6.30. The lowest BCUT2D eigenvalue weighted by Crippen LogP contribution is -2.52. The number of hydrogen-bond donors (Lipinski definition) is 1. The van der Waals surface area contributed by atoms with Gasteiger partial charge in [0.1, 0.15) is 6.04 Å². The molecular weight excluding hydrogens is 268 g/mol. The molecule has 3 heterocycles. The van der Waals surface area contributed by atoms with Crippen LogP contribution in [0.5, 0.6) is 5.75 Å². The van der Waals surface area contributed by atoms with Gasteiger partial charge in [0, 0.05) is 38.9 Å². The molecule has 1 aromatic rings. The molecule has 6 heteroatoms. The Kier molecular flexibility index (Phi) is 4.24. The van der Waals surface area contributed by atoms with Crippen LogP contribution in [-0.4, -0.2) is 61.7 Å². The number of nitrogens with one attached hydrogen (secondary N) is 1. The van der Waals surface area contributed by atoms with Crippen molar-refractivity contribution < 1.29 is 9.53 Å². The largest absolute Gasteiger partial charge is 0.493 e. The molecule has 114 valence electrons. The number of rotatable bonds is 3. The highest BCUT2D eigenvalue weighted by Crippen LogP contribution is 2.32. The van der Waals surface area contributed by atoms with Crippen molar-refractivity contribution in [1.82, 2.24) is 15.2 Å². The lowest BCUT2D eigenvalue weighted by molar-refractivity contribution is -0.133. The van der Waals surface area contributed by atoms with Gasteiger partial charge in [-0.05, 0) is 25.0 Å². The van der Waals surface area contributed by atoms with Crippen molar-refractivity contribution in [2.24, 2.45) is 0 Å². The highest BCUT2D eigenvalue weighted by Gasteiger charge is 2.35. The summed E-state index contributed by atoms with van der Waals surface area (Å²) in [6.45, 7) is 4.21. The van der Waals surface area contributed by atoms with Gasteiger partial charge >= 0.3 is 0 Å². The van der Waals surface area contributed by atoms with Crippen molar-refractivity contribution in [2.45, 2.75) is 18.9 Å². The van der Waals surface area contributed by atoms with Crippen LogP contribution in [0.3, 0.4) is 0 Å². The van der Waals surface area contributed by atoms with Crippen molar-refractivity contribution in [3.8, 4) is 5.75 Å². The van der Waals surface area contributed by atoms with Gasteiger partial charge in [0.2, 0.25) is 5.91 Å². The number of anilines is 1. The zero-order valence-corrected chi connectivity index (χ0v) is 12.4. The van der Waals surface area contributed by atoms with Crippen molar-refractivity contribution in [3.05, 3.63) is 18.3 Å². The standard InChI is InChI=1S/C15H22N4O2/c1-21-13-5-2-6-17-14(13)19-9-3-4-12(19)15(20)18-10-7-16-8-11-18/h2,5-6,12,16H,3-4,7-11H2,1H3. The van der Waals surface area contributed by atoms with Crippen LogP contribution in [0.15, 0.2) is 18.3 Å². The summed E-state index contributed by atoms with van der Waals surface area (Å²) in [5.74, 6) is 1.74. The van der Waals surface area contributed by atoms with E-state index in [1.54, 1.807) is 13.3 Å². The number of methoxy groups -OCH3 is 1. The van der Waals surface area contributed by atoms with E-state index in [-0.39, 0.29) is 11.9 Å². The number of hydrogen-bond acceptors (Lipinski definition) is 5. The van der Waals surface area contributed by atoms with Crippen molar-refractivity contribution in [1.29, 1.82) is 0 Å². The first-order valence-corrected chi connectivity index (χ1v) is 7.56. The molecule has 2 aliphatic rings. The highest BCUT2D eigenvalue weighted by atomic mass is 16.5. The van der Waals surface area contributed by atoms with E-state index in [1.165, 1.54) is 0 Å². The Labute approximate surface area is 125 Å². The van der Waals surface area contributed by atoms with Gasteiger partial charge in [-0.15, -0.1) is 0 Å². The fourth-order valence-corrected chi connectivity index (χ4v) is 3.13. The predicted octanol–water partition coefficient (Wildman–Crippen LogP) is 0.491. The van der Waals surface area contributed by atoms with E-state index in [4.69, 9.17) is 4.74 Å². The molecule has 2 saturated heterocycles. The van der Waals surface area contributed by atoms with Gasteiger partial charge in [-0.1, -0.05) is 0 Å². The normalized spacial score (nSPS) is 22.4. The van der Waals surface area contributed by atoms with E-state index in [1.807, 2.05) is 17.0 Å². The average Bonchev–Trinajstić information content (AvgIpc) is 3.04. The number of nitrogens with zero attached hydrogens (tertiary/aromatic N) is 3. The molecule has 0 saturated carbocycles. The van der Waals surface area contributed by atoms with Crippen LogP contribution in [-0.2, 0) is 4.79 Å². The number of carbonyl (C=O) groups is 1. The van der Waals surface area contributed by atoms with E-state index in [2.05, 4.69) is 15.2 Å². The fraction of sp³-hybridized carbons (Fsp3) is 0.600. The third-order valence-corrected chi connectivity index (χ3v) is 4.21. The van der Waals surface area contributed by atoms with E-state index in [0.29, 0.717) is 0 Å². The third-order valence-electron chi connectivity index (χ3n) is 4.21. The van der Waals surface area contributed by atoms with E-state index < -0.39 is 0 Å². The summed E-state index contributed by atoms with van der Waals surface area (Å²) in [6, 6.07) is 3.64. The minimum absolute atomic E-state index is 0.105. The van der Waals surface area contributed by atoms with Gasteiger partial charge < -0.3 is 19.9 Å². The van der Waals surface area contributed by atoms with Crippen LogP contribution >= 0.6 is 0 Å². The summed E-state index contributed by atoms with van der Waals surface area (Å²) >= 11 is 0. The summed E-state index contributed by atoms with van der Waals surface area (Å²) < 4.78 is 5.39. The van der Waals surface area contributed by atoms with Gasteiger partial charge in [0.25, 0.3) is 0 Å². The first-order valence-electron chi connectivity index (χ1n) is 7.56. The number of carbonyl (C=O) groups excluding carboxylic acids is 1. The maximum absolute atomic E-state index is 12.8. The molecule has 6 nitrogen and oxygen atoms in total. The van der Waals surface area contributed by atoms with Crippen LogP contribution in [0.1, 0.15) is 12.8 Å². The second-order valence-corrected chi connectivity index (χ2v) is 5.46. The maximum atomic E-state index is 12.8. The molecule has 2 fully saturated rings. The van der Waals surface area contributed by atoms with Crippen LogP contribution < -0.4 is 15.0 Å². The molecule has 1 N–H and O–H groups in total. The second-order valence-electron chi connectivity index (χ2n) is 5.46. The predicted molar refractivity (Wildman–Crippen MR) is 80.6 cm³/mol. The Bertz CT molecular complexity index is 502. The third kappa shape index (κ3) is 2.81. The van der Waals surface area contributed by atoms with Crippen LogP contribution in [0.25, 0.3) is 0 Å². The van der Waals surface area contributed by atoms with Crippen molar-refractivity contribution in [3.63, 3.8) is 0 Å². The van der Waals surface area contributed by atoms with Crippen LogP contribution in [0.4, 0.5) is 5.82 Å². The summed E-state index contributed by atoms with van der Waals surface area (Å²) in [7, 11) is 1.64.